The number of nitrogens with one attached hydrogen (secondary N) is 2. The summed E-state index contributed by atoms with van der Waals surface area (Å²) in [7, 11) is -3.28. The number of amides is 1. The maximum atomic E-state index is 12.1. The first kappa shape index (κ1) is 18.8. The molecule has 1 aliphatic heterocycles. The number of carbonyl (C=O) groups excluding carboxylic acids is 1. The number of nitrogens with zero attached hydrogens (tertiary/aromatic N) is 1. The molecule has 2 N–H and O–H groups in total. The largest absolute Gasteiger partial charge is 0.379 e. The van der Waals surface area contributed by atoms with Crippen LogP contribution in [0.5, 0.6) is 0 Å². The van der Waals surface area contributed by atoms with Crippen LogP contribution in [0, 0.1) is 5.92 Å². The highest BCUT2D eigenvalue weighted by atomic mass is 32.2. The number of hydrogen-bond donors (Lipinski definition) is 2. The first-order valence-electron chi connectivity index (χ1n) is 8.57. The first-order valence-corrected chi connectivity index (χ1v) is 10.5. The van der Waals surface area contributed by atoms with E-state index in [1.165, 1.54) is 5.56 Å². The van der Waals surface area contributed by atoms with Gasteiger partial charge in [-0.2, -0.15) is 0 Å². The molecule has 0 saturated carbocycles. The number of sulfonamides is 1. The highest BCUT2D eigenvalue weighted by Crippen LogP contribution is 2.24. The maximum absolute atomic E-state index is 12.1. The number of para-hydroxylation sites is 1. The van der Waals surface area contributed by atoms with Gasteiger partial charge in [0.2, 0.25) is 15.9 Å². The number of benzene rings is 1. The Labute approximate surface area is 153 Å². The van der Waals surface area contributed by atoms with Crippen molar-refractivity contribution in [3.05, 3.63) is 42.1 Å². The molecule has 1 aromatic heterocycles. The van der Waals surface area contributed by atoms with Crippen molar-refractivity contribution in [3.63, 3.8) is 0 Å². The summed E-state index contributed by atoms with van der Waals surface area (Å²) in [6, 6.07) is 9.93. The Balaban J connectivity index is 1.60. The minimum absolute atomic E-state index is 0.0762. The molecule has 140 valence electrons. The highest BCUT2D eigenvalue weighted by Gasteiger charge is 2.30. The van der Waals surface area contributed by atoms with Crippen molar-refractivity contribution in [2.24, 2.45) is 5.92 Å². The van der Waals surface area contributed by atoms with E-state index in [-0.39, 0.29) is 30.8 Å². The second-order valence-electron chi connectivity index (χ2n) is 6.58. The van der Waals surface area contributed by atoms with E-state index in [0.717, 1.165) is 23.6 Å². The van der Waals surface area contributed by atoms with Gasteiger partial charge in [-0.05, 0) is 24.1 Å². The van der Waals surface area contributed by atoms with Crippen LogP contribution < -0.4 is 10.0 Å². The van der Waals surface area contributed by atoms with Gasteiger partial charge in [-0.3, -0.25) is 9.78 Å². The smallest absolute Gasteiger partial charge is 0.221 e. The van der Waals surface area contributed by atoms with Crippen molar-refractivity contribution in [3.8, 4) is 0 Å². The van der Waals surface area contributed by atoms with E-state index in [2.05, 4.69) is 21.1 Å². The summed E-state index contributed by atoms with van der Waals surface area (Å²) in [6.07, 6.45) is 3.77. The van der Waals surface area contributed by atoms with Crippen LogP contribution in [0.2, 0.25) is 0 Å². The lowest BCUT2D eigenvalue weighted by molar-refractivity contribution is -0.121. The third kappa shape index (κ3) is 5.00. The molecule has 26 heavy (non-hydrogen) atoms. The molecule has 1 amide bonds. The van der Waals surface area contributed by atoms with Crippen LogP contribution in [0.15, 0.2) is 36.5 Å². The summed E-state index contributed by atoms with van der Waals surface area (Å²) in [4.78, 5) is 16.5. The molecule has 1 aromatic carbocycles. The average Bonchev–Trinajstić information content (AvgIpc) is 3.01. The molecule has 1 fully saturated rings. The molecule has 0 unspecified atom stereocenters. The molecule has 2 atom stereocenters. The SMILES string of the molecule is CS(=O)(=O)NCCC(=O)N[C@@H]1COC[C@H]1Cc1ccnc2ccccc12. The van der Waals surface area contributed by atoms with Gasteiger partial charge in [-0.15, -0.1) is 0 Å². The average molecular weight is 377 g/mol. The quantitative estimate of drug-likeness (QED) is 0.745. The van der Waals surface area contributed by atoms with Gasteiger partial charge in [0.25, 0.3) is 0 Å². The third-order valence-electron chi connectivity index (χ3n) is 4.48. The van der Waals surface area contributed by atoms with E-state index in [1.54, 1.807) is 6.20 Å². The van der Waals surface area contributed by atoms with E-state index < -0.39 is 10.0 Å². The zero-order valence-electron chi connectivity index (χ0n) is 14.6. The Bertz CT molecular complexity index is 880. The van der Waals surface area contributed by atoms with Gasteiger partial charge in [0.05, 0.1) is 31.0 Å². The summed E-state index contributed by atoms with van der Waals surface area (Å²) < 4.78 is 30.0. The molecule has 8 heteroatoms. The zero-order valence-corrected chi connectivity index (χ0v) is 15.5. The van der Waals surface area contributed by atoms with Crippen LogP contribution >= 0.6 is 0 Å². The fourth-order valence-electron chi connectivity index (χ4n) is 3.20. The molecule has 0 radical (unpaired) electrons. The number of pyridine rings is 1. The monoisotopic (exact) mass is 377 g/mol. The van der Waals surface area contributed by atoms with Crippen molar-refractivity contribution < 1.29 is 17.9 Å². The molecule has 7 nitrogen and oxygen atoms in total. The molecule has 0 bridgehead atoms. The minimum Gasteiger partial charge on any atom is -0.379 e. The van der Waals surface area contributed by atoms with Gasteiger partial charge >= 0.3 is 0 Å². The third-order valence-corrected chi connectivity index (χ3v) is 5.21. The lowest BCUT2D eigenvalue weighted by Gasteiger charge is -2.20. The number of carbonyl (C=O) groups is 1. The van der Waals surface area contributed by atoms with Crippen LogP contribution in [0.3, 0.4) is 0 Å². The van der Waals surface area contributed by atoms with E-state index in [4.69, 9.17) is 4.74 Å². The molecule has 2 heterocycles. The summed E-state index contributed by atoms with van der Waals surface area (Å²) in [5.74, 6) is -0.00569. The van der Waals surface area contributed by atoms with Gasteiger partial charge in [-0.1, -0.05) is 18.2 Å². The number of aromatic nitrogens is 1. The Morgan fingerprint density at radius 3 is 2.88 bits per heavy atom. The first-order chi connectivity index (χ1) is 12.4. The van der Waals surface area contributed by atoms with E-state index >= 15 is 0 Å². The van der Waals surface area contributed by atoms with Gasteiger partial charge in [0, 0.05) is 30.5 Å². The number of ether oxygens (including phenoxy) is 1. The van der Waals surface area contributed by atoms with Crippen molar-refractivity contribution in [2.75, 3.05) is 26.0 Å². The molecule has 1 aliphatic rings. The molecule has 1 saturated heterocycles. The molecular formula is C18H23N3O4S. The van der Waals surface area contributed by atoms with Gasteiger partial charge < -0.3 is 10.1 Å². The Morgan fingerprint density at radius 1 is 1.27 bits per heavy atom. The van der Waals surface area contributed by atoms with Crippen LogP contribution in [-0.2, 0) is 26.0 Å². The van der Waals surface area contributed by atoms with E-state index in [9.17, 15) is 13.2 Å². The standard InChI is InChI=1S/C18H23N3O4S/c1-26(23,24)20-9-7-18(22)21-17-12-25-11-14(17)10-13-6-8-19-16-5-3-2-4-15(13)16/h2-6,8,14,17,20H,7,9-12H2,1H3,(H,21,22)/t14-,17-/m1/s1. The fourth-order valence-corrected chi connectivity index (χ4v) is 3.68. The van der Waals surface area contributed by atoms with Crippen molar-refractivity contribution in [1.29, 1.82) is 0 Å². The number of hydrogen-bond acceptors (Lipinski definition) is 5. The van der Waals surface area contributed by atoms with E-state index in [1.807, 2.05) is 24.3 Å². The van der Waals surface area contributed by atoms with Crippen molar-refractivity contribution in [2.45, 2.75) is 18.9 Å². The van der Waals surface area contributed by atoms with Crippen LogP contribution in [0.1, 0.15) is 12.0 Å². The molecule has 0 aliphatic carbocycles. The molecular weight excluding hydrogens is 354 g/mol. The molecule has 0 spiro atoms. The Hall–Kier alpha value is -2.03. The lowest BCUT2D eigenvalue weighted by atomic mass is 9.93. The fraction of sp³-hybridized carbons (Fsp3) is 0.444. The summed E-state index contributed by atoms with van der Waals surface area (Å²) >= 11 is 0. The number of fused-ring (bicyclic) bond motifs is 1. The Morgan fingerprint density at radius 2 is 2.08 bits per heavy atom. The summed E-state index contributed by atoms with van der Waals surface area (Å²) in [5.41, 5.74) is 2.14. The minimum atomic E-state index is -3.28. The van der Waals surface area contributed by atoms with Crippen molar-refractivity contribution in [1.82, 2.24) is 15.0 Å². The second kappa shape index (κ2) is 8.11. The zero-order chi connectivity index (χ0) is 18.6. The van der Waals surface area contributed by atoms with Gasteiger partial charge in [0.1, 0.15) is 0 Å². The summed E-state index contributed by atoms with van der Waals surface area (Å²) in [6.45, 7) is 1.15. The predicted molar refractivity (Wildman–Crippen MR) is 99.2 cm³/mol. The predicted octanol–water partition coefficient (Wildman–Crippen LogP) is 0.848. The normalized spacial score (nSPS) is 20.3. The highest BCUT2D eigenvalue weighted by molar-refractivity contribution is 7.88. The van der Waals surface area contributed by atoms with Crippen LogP contribution in [0.25, 0.3) is 10.9 Å². The maximum Gasteiger partial charge on any atom is 0.221 e. The topological polar surface area (TPSA) is 97.4 Å². The van der Waals surface area contributed by atoms with Gasteiger partial charge in [-0.25, -0.2) is 13.1 Å². The summed E-state index contributed by atoms with van der Waals surface area (Å²) in [5, 5.41) is 4.08. The van der Waals surface area contributed by atoms with Crippen LogP contribution in [-0.4, -0.2) is 51.4 Å². The van der Waals surface area contributed by atoms with Gasteiger partial charge in [0.15, 0.2) is 0 Å². The molecule has 2 aromatic rings. The molecule has 3 rings (SSSR count). The lowest BCUT2D eigenvalue weighted by Crippen LogP contribution is -2.41. The van der Waals surface area contributed by atoms with E-state index in [0.29, 0.717) is 13.2 Å². The van der Waals surface area contributed by atoms with Crippen molar-refractivity contribution >= 4 is 26.8 Å². The second-order valence-corrected chi connectivity index (χ2v) is 8.41. The van der Waals surface area contributed by atoms with Crippen LogP contribution in [0.4, 0.5) is 0 Å². The number of rotatable bonds is 7. The Kier molecular flexibility index (Phi) is 5.85.